The summed E-state index contributed by atoms with van der Waals surface area (Å²) in [5.74, 6) is -2.07. The van der Waals surface area contributed by atoms with Crippen molar-refractivity contribution in [3.05, 3.63) is 107 Å². The van der Waals surface area contributed by atoms with E-state index in [0.29, 0.717) is 43.2 Å². The van der Waals surface area contributed by atoms with Gasteiger partial charge >= 0.3 is 11.8 Å². The Balaban J connectivity index is 1.08. The number of rotatable bonds is 21. The minimum atomic E-state index is -0.824. The fourth-order valence-corrected chi connectivity index (χ4v) is 5.72. The number of aromatic nitrogens is 1. The second-order valence-corrected chi connectivity index (χ2v) is 13.7. The number of benzene rings is 3. The Morgan fingerprint density at radius 1 is 0.797 bits per heavy atom. The molecule has 0 aliphatic heterocycles. The van der Waals surface area contributed by atoms with Crippen LogP contribution in [0.5, 0.6) is 0 Å². The maximum absolute atomic E-state index is 12.8. The van der Waals surface area contributed by atoms with Crippen LogP contribution >= 0.6 is 0 Å². The van der Waals surface area contributed by atoms with Gasteiger partial charge in [-0.05, 0) is 97.0 Å². The summed E-state index contributed by atoms with van der Waals surface area (Å²) in [4.78, 5) is 56.4. The second kappa shape index (κ2) is 24.3. The number of nitrogens with one attached hydrogen (secondary N) is 7. The number of hydrazine groups is 1. The molecule has 4 aromatic rings. The van der Waals surface area contributed by atoms with E-state index in [4.69, 9.17) is 15.1 Å². The Labute approximate surface area is 344 Å². The number of amides is 4. The monoisotopic (exact) mass is 808 g/mol. The normalized spacial score (nSPS) is 10.5. The van der Waals surface area contributed by atoms with E-state index in [-0.39, 0.29) is 25.0 Å². The lowest BCUT2D eigenvalue weighted by molar-refractivity contribution is -0.684. The molecule has 0 spiro atoms. The van der Waals surface area contributed by atoms with Gasteiger partial charge in [-0.2, -0.15) is 4.57 Å². The Kier molecular flexibility index (Phi) is 18.6. The van der Waals surface area contributed by atoms with Crippen molar-refractivity contribution in [3.8, 4) is 23.2 Å². The van der Waals surface area contributed by atoms with E-state index in [1.165, 1.54) is 7.05 Å². The molecule has 4 amide bonds. The predicted octanol–water partition coefficient (Wildman–Crippen LogP) is 2.67. The van der Waals surface area contributed by atoms with Gasteiger partial charge in [-0.15, -0.1) is 0 Å². The number of hydrogen-bond donors (Lipinski definition) is 9. The smallest absolute Gasteiger partial charge is 0.313 e. The van der Waals surface area contributed by atoms with Gasteiger partial charge in [0.05, 0.1) is 18.9 Å². The third-order valence-electron chi connectivity index (χ3n) is 8.92. The topological polar surface area (TPSA) is 209 Å². The first-order chi connectivity index (χ1) is 28.6. The summed E-state index contributed by atoms with van der Waals surface area (Å²) >= 11 is 0. The van der Waals surface area contributed by atoms with Crippen LogP contribution in [0.1, 0.15) is 52.7 Å². The molecule has 0 atom stereocenters. The summed E-state index contributed by atoms with van der Waals surface area (Å²) in [7, 11) is 1.34. The second-order valence-electron chi connectivity index (χ2n) is 13.7. The lowest BCUT2D eigenvalue weighted by Gasteiger charge is -2.14. The molecule has 0 aliphatic carbocycles. The van der Waals surface area contributed by atoms with E-state index < -0.39 is 18.5 Å². The van der Waals surface area contributed by atoms with Gasteiger partial charge in [-0.3, -0.25) is 34.9 Å². The number of aryl methyl sites for hydroxylation is 2. The number of aliphatic hydroxyl groups is 2. The quantitative estimate of drug-likeness (QED) is 0.0114. The number of nitrogens with zero attached hydrogens (tertiary/aromatic N) is 2. The SMILES string of the molecule is Cc1cc(NC(=O)C[n+]2cccc(C(=O)NCCCCCCNOCc3cccc(-c4ccc(NC(=O)C(=O)N(C)CO)c(C)c4)c3)c2)ccc1NNC#CNCCO. The molecule has 4 rings (SSSR count). The molecule has 0 unspecified atom stereocenters. The van der Waals surface area contributed by atoms with Gasteiger partial charge in [-0.25, -0.2) is 5.48 Å². The fourth-order valence-electron chi connectivity index (χ4n) is 5.72. The summed E-state index contributed by atoms with van der Waals surface area (Å²) in [5, 5.41) is 29.0. The van der Waals surface area contributed by atoms with Crippen molar-refractivity contribution in [1.29, 1.82) is 0 Å². The Morgan fingerprint density at radius 3 is 2.32 bits per heavy atom. The summed E-state index contributed by atoms with van der Waals surface area (Å²) in [5.41, 5.74) is 15.8. The molecule has 59 heavy (non-hydrogen) atoms. The lowest BCUT2D eigenvalue weighted by Crippen LogP contribution is -2.41. The van der Waals surface area contributed by atoms with Gasteiger partial charge in [0.2, 0.25) is 6.54 Å². The Hall–Kier alpha value is -6.51. The predicted molar refractivity (Wildman–Crippen MR) is 225 cm³/mol. The first kappa shape index (κ1) is 45.2. The van der Waals surface area contributed by atoms with Gasteiger partial charge in [0.25, 0.3) is 11.8 Å². The van der Waals surface area contributed by atoms with Gasteiger partial charge in [0, 0.05) is 56.2 Å². The molecule has 0 fully saturated rings. The van der Waals surface area contributed by atoms with E-state index in [9.17, 15) is 19.2 Å². The molecule has 0 bridgehead atoms. The number of unbranched alkanes of at least 4 members (excludes halogenated alkanes) is 3. The molecule has 0 radical (unpaired) electrons. The van der Waals surface area contributed by atoms with Crippen LogP contribution in [0.3, 0.4) is 0 Å². The third kappa shape index (κ3) is 15.4. The van der Waals surface area contributed by atoms with Crippen LogP contribution in [0.4, 0.5) is 17.1 Å². The van der Waals surface area contributed by atoms with Crippen molar-refractivity contribution in [2.45, 2.75) is 52.7 Å². The number of carbonyl (C=O) groups is 4. The molecule has 1 heterocycles. The van der Waals surface area contributed by atoms with Crippen LogP contribution < -0.4 is 42.2 Å². The van der Waals surface area contributed by atoms with Crippen molar-refractivity contribution in [3.63, 3.8) is 0 Å². The summed E-state index contributed by atoms with van der Waals surface area (Å²) in [6.45, 7) is 5.23. The van der Waals surface area contributed by atoms with Crippen molar-refractivity contribution in [1.82, 2.24) is 26.4 Å². The number of hydroxylamine groups is 1. The molecule has 0 saturated heterocycles. The Morgan fingerprint density at radius 2 is 1.56 bits per heavy atom. The molecule has 312 valence electrons. The lowest BCUT2D eigenvalue weighted by atomic mass is 10.0. The minimum Gasteiger partial charge on any atom is -0.395 e. The molecule has 0 aliphatic rings. The van der Waals surface area contributed by atoms with E-state index in [1.807, 2.05) is 62.4 Å². The summed E-state index contributed by atoms with van der Waals surface area (Å²) in [6, 6.07) is 27.7. The van der Waals surface area contributed by atoms with Crippen LogP contribution in [0.25, 0.3) is 11.1 Å². The van der Waals surface area contributed by atoms with Crippen molar-refractivity contribution in [2.75, 3.05) is 56.1 Å². The minimum absolute atomic E-state index is 0.000833. The largest absolute Gasteiger partial charge is 0.395 e. The van der Waals surface area contributed by atoms with Crippen LogP contribution in [0, 0.1) is 25.9 Å². The highest BCUT2D eigenvalue weighted by Crippen LogP contribution is 2.26. The highest BCUT2D eigenvalue weighted by molar-refractivity contribution is 6.39. The summed E-state index contributed by atoms with van der Waals surface area (Å²) in [6.07, 6.45) is 7.06. The van der Waals surface area contributed by atoms with Crippen LogP contribution in [-0.2, 0) is 32.4 Å². The van der Waals surface area contributed by atoms with Gasteiger partial charge in [0.1, 0.15) is 12.3 Å². The first-order valence-electron chi connectivity index (χ1n) is 19.3. The van der Waals surface area contributed by atoms with Crippen molar-refractivity contribution in [2.24, 2.45) is 0 Å². The van der Waals surface area contributed by atoms with Gasteiger partial charge in [0.15, 0.2) is 12.4 Å². The number of carbonyl (C=O) groups excluding carboxylic acids is 4. The molecular weight excluding hydrogens is 755 g/mol. The molecule has 0 saturated carbocycles. The number of pyridine rings is 1. The maximum Gasteiger partial charge on any atom is 0.313 e. The average molecular weight is 809 g/mol. The molecule has 1 aromatic heterocycles. The highest BCUT2D eigenvalue weighted by Gasteiger charge is 2.19. The zero-order valence-corrected chi connectivity index (χ0v) is 33.7. The summed E-state index contributed by atoms with van der Waals surface area (Å²) < 4.78 is 1.67. The van der Waals surface area contributed by atoms with Gasteiger partial charge < -0.3 is 36.4 Å². The van der Waals surface area contributed by atoms with E-state index in [1.54, 1.807) is 41.2 Å². The molecule has 3 aromatic carbocycles. The van der Waals surface area contributed by atoms with E-state index >= 15 is 0 Å². The average Bonchev–Trinajstić information content (AvgIpc) is 3.23. The molecule has 16 heteroatoms. The van der Waals surface area contributed by atoms with Gasteiger partial charge in [-0.1, -0.05) is 37.1 Å². The number of aliphatic hydroxyl groups excluding tert-OH is 2. The third-order valence-corrected chi connectivity index (χ3v) is 8.92. The highest BCUT2D eigenvalue weighted by atomic mass is 16.6. The number of anilines is 3. The van der Waals surface area contributed by atoms with E-state index in [2.05, 4.69) is 49.7 Å². The Bertz CT molecular complexity index is 2100. The standard InChI is InChI=1S/C43H53N9O7/c1-31-24-35(13-15-38(31)49-42(57)43(58)51(3)30-54)34-11-8-10-33(26-34)29-59-47-18-7-5-4-6-17-45-41(56)36-12-9-22-52(27-36)28-40(55)48-37-14-16-39(32(2)25-37)50-46-20-19-44-21-23-53/h8-16,22,24-27,47,53-54H,4-7,17-18,21,23,28-30H2,1-3H3,(H5-,44,45,46,48,49,50,55,56,57,58)/p+1. The van der Waals surface area contributed by atoms with Crippen LogP contribution in [0.15, 0.2) is 85.2 Å². The molecular formula is C43H54N9O7+. The van der Waals surface area contributed by atoms with Crippen LogP contribution in [0.2, 0.25) is 0 Å². The zero-order valence-electron chi connectivity index (χ0n) is 33.7. The zero-order chi connectivity index (χ0) is 42.4. The van der Waals surface area contributed by atoms with Crippen molar-refractivity contribution >= 4 is 40.7 Å². The molecule has 16 nitrogen and oxygen atoms in total. The number of hydrogen-bond acceptors (Lipinski definition) is 11. The van der Waals surface area contributed by atoms with Crippen LogP contribution in [-0.4, -0.2) is 78.8 Å². The first-order valence-corrected chi connectivity index (χ1v) is 19.3. The fraction of sp³-hybridized carbons (Fsp3) is 0.326. The molecule has 9 N–H and O–H groups in total. The van der Waals surface area contributed by atoms with Crippen molar-refractivity contribution < 1.29 is 38.8 Å². The number of likely N-dealkylation sites (N-methyl/N-ethyl adjacent to an activating group) is 1. The maximum atomic E-state index is 12.8. The van der Waals surface area contributed by atoms with E-state index in [0.717, 1.165) is 64.1 Å².